The third-order valence-corrected chi connectivity index (χ3v) is 6.45. The Balaban J connectivity index is 0.000000941. The number of ether oxygens (including phenoxy) is 1. The molecule has 29 heavy (non-hydrogen) atoms. The lowest BCUT2D eigenvalue weighted by atomic mass is 9.73. The van der Waals surface area contributed by atoms with Crippen LogP contribution in [0.3, 0.4) is 0 Å². The van der Waals surface area contributed by atoms with E-state index in [2.05, 4.69) is 10.3 Å². The Hall–Kier alpha value is -2.08. The first-order valence-corrected chi connectivity index (χ1v) is 10.1. The quantitative estimate of drug-likeness (QED) is 0.497. The Labute approximate surface area is 172 Å². The van der Waals surface area contributed by atoms with Crippen LogP contribution in [0.4, 0.5) is 0 Å². The minimum atomic E-state index is -0.868. The van der Waals surface area contributed by atoms with Crippen molar-refractivity contribution < 1.29 is 34.4 Å². The van der Waals surface area contributed by atoms with Crippen molar-refractivity contribution in [2.24, 2.45) is 0 Å². The number of aliphatic hydroxyl groups excluding tert-OH is 1. The molecule has 0 saturated carbocycles. The molecule has 2 saturated heterocycles. The van der Waals surface area contributed by atoms with E-state index in [9.17, 15) is 14.7 Å². The molecular formula is C18H27N3O7S. The molecular weight excluding hydrogens is 402 g/mol. The zero-order valence-electron chi connectivity index (χ0n) is 16.5. The zero-order valence-corrected chi connectivity index (χ0v) is 17.3. The van der Waals surface area contributed by atoms with Gasteiger partial charge < -0.3 is 25.4 Å². The number of piperidine rings is 1. The number of hydrogen-bond acceptors (Lipinski definition) is 8. The summed E-state index contributed by atoms with van der Waals surface area (Å²) >= 11 is 1.28. The molecule has 4 N–H and O–H groups in total. The van der Waals surface area contributed by atoms with Crippen LogP contribution < -0.4 is 5.32 Å². The number of aliphatic hydroxyl groups is 1. The molecule has 1 aromatic rings. The fraction of sp³-hybridized carbons (Fsp3) is 0.667. The molecule has 0 bridgehead atoms. The molecule has 10 nitrogen and oxygen atoms in total. The SMILES string of the molecule is Cc1ncsc1C(=O)N[C@]1(C)CCOC2(CCN(CC(=O)O)CC2)[C@H]1O.O=CO. The van der Waals surface area contributed by atoms with E-state index < -0.39 is 23.2 Å². The van der Waals surface area contributed by atoms with Crippen molar-refractivity contribution in [1.29, 1.82) is 0 Å². The monoisotopic (exact) mass is 429 g/mol. The Kier molecular flexibility index (Phi) is 7.69. The van der Waals surface area contributed by atoms with E-state index in [1.54, 1.807) is 12.4 Å². The van der Waals surface area contributed by atoms with E-state index >= 15 is 0 Å². The number of nitrogens with zero attached hydrogens (tertiary/aromatic N) is 2. The number of carbonyl (C=O) groups is 3. The number of amides is 1. The summed E-state index contributed by atoms with van der Waals surface area (Å²) < 4.78 is 5.98. The van der Waals surface area contributed by atoms with Crippen molar-refractivity contribution in [3.8, 4) is 0 Å². The van der Waals surface area contributed by atoms with Gasteiger partial charge in [0, 0.05) is 19.7 Å². The van der Waals surface area contributed by atoms with Crippen molar-refractivity contribution in [1.82, 2.24) is 15.2 Å². The van der Waals surface area contributed by atoms with E-state index in [4.69, 9.17) is 19.7 Å². The molecule has 1 spiro atoms. The van der Waals surface area contributed by atoms with Crippen LogP contribution in [0.25, 0.3) is 0 Å². The van der Waals surface area contributed by atoms with Gasteiger partial charge >= 0.3 is 5.97 Å². The van der Waals surface area contributed by atoms with E-state index in [1.807, 2.05) is 11.8 Å². The number of nitrogens with one attached hydrogen (secondary N) is 1. The predicted octanol–water partition coefficient (Wildman–Crippen LogP) is 0.341. The molecule has 162 valence electrons. The number of likely N-dealkylation sites (tertiary alicyclic amines) is 1. The largest absolute Gasteiger partial charge is 0.483 e. The summed E-state index contributed by atoms with van der Waals surface area (Å²) in [6, 6.07) is 0. The van der Waals surface area contributed by atoms with Gasteiger partial charge in [0.25, 0.3) is 12.4 Å². The van der Waals surface area contributed by atoms with Crippen molar-refractivity contribution in [3.63, 3.8) is 0 Å². The van der Waals surface area contributed by atoms with Crippen LogP contribution in [0.1, 0.15) is 41.6 Å². The molecule has 3 heterocycles. The lowest BCUT2D eigenvalue weighted by molar-refractivity contribution is -0.205. The highest BCUT2D eigenvalue weighted by Crippen LogP contribution is 2.40. The molecule has 1 aromatic heterocycles. The summed E-state index contributed by atoms with van der Waals surface area (Å²) in [7, 11) is 0. The van der Waals surface area contributed by atoms with Crippen LogP contribution in [-0.2, 0) is 14.3 Å². The molecule has 0 radical (unpaired) electrons. The van der Waals surface area contributed by atoms with Crippen molar-refractivity contribution in [2.45, 2.75) is 50.4 Å². The maximum absolute atomic E-state index is 12.6. The second-order valence-electron chi connectivity index (χ2n) is 7.48. The highest BCUT2D eigenvalue weighted by molar-refractivity contribution is 7.11. The maximum atomic E-state index is 12.6. The second kappa shape index (κ2) is 9.61. The van der Waals surface area contributed by atoms with Crippen LogP contribution in [0.2, 0.25) is 0 Å². The van der Waals surface area contributed by atoms with Gasteiger partial charge in [-0.1, -0.05) is 0 Å². The minimum Gasteiger partial charge on any atom is -0.483 e. The van der Waals surface area contributed by atoms with Crippen LogP contribution in [-0.4, -0.2) is 87.0 Å². The summed E-state index contributed by atoms with van der Waals surface area (Å²) in [5, 5.41) is 29.9. The Morgan fingerprint density at radius 2 is 2.03 bits per heavy atom. The third-order valence-electron chi connectivity index (χ3n) is 5.52. The number of aryl methyl sites for hydroxylation is 1. The first-order valence-electron chi connectivity index (χ1n) is 9.24. The van der Waals surface area contributed by atoms with Gasteiger partial charge in [-0.2, -0.15) is 0 Å². The molecule has 2 aliphatic rings. The lowest BCUT2D eigenvalue weighted by Crippen LogP contribution is -2.69. The Morgan fingerprint density at radius 3 is 2.55 bits per heavy atom. The lowest BCUT2D eigenvalue weighted by Gasteiger charge is -2.53. The summed E-state index contributed by atoms with van der Waals surface area (Å²) in [4.78, 5) is 38.4. The first kappa shape index (κ1) is 23.2. The number of aromatic nitrogens is 1. The van der Waals surface area contributed by atoms with E-state index in [-0.39, 0.29) is 18.9 Å². The smallest absolute Gasteiger partial charge is 0.317 e. The number of carboxylic acids is 1. The Morgan fingerprint density at radius 1 is 1.41 bits per heavy atom. The molecule has 11 heteroatoms. The maximum Gasteiger partial charge on any atom is 0.317 e. The van der Waals surface area contributed by atoms with E-state index in [0.29, 0.717) is 49.5 Å². The normalized spacial score (nSPS) is 26.2. The van der Waals surface area contributed by atoms with E-state index in [1.165, 1.54) is 11.3 Å². The summed E-state index contributed by atoms with van der Waals surface area (Å²) in [5.41, 5.74) is 0.750. The minimum absolute atomic E-state index is 0.00909. The second-order valence-corrected chi connectivity index (χ2v) is 8.33. The topological polar surface area (TPSA) is 149 Å². The number of carbonyl (C=O) groups excluding carboxylic acids is 1. The fourth-order valence-electron chi connectivity index (χ4n) is 3.93. The fourth-order valence-corrected chi connectivity index (χ4v) is 4.63. The number of aliphatic carboxylic acids is 1. The number of rotatable bonds is 4. The van der Waals surface area contributed by atoms with Gasteiger partial charge in [-0.25, -0.2) is 4.98 Å². The summed E-state index contributed by atoms with van der Waals surface area (Å²) in [6.45, 7) is 4.90. The molecule has 0 unspecified atom stereocenters. The van der Waals surface area contributed by atoms with E-state index in [0.717, 1.165) is 0 Å². The predicted molar refractivity (Wildman–Crippen MR) is 104 cm³/mol. The number of hydrogen-bond donors (Lipinski definition) is 4. The zero-order chi connectivity index (χ0) is 21.7. The van der Waals surface area contributed by atoms with Gasteiger partial charge in [-0.15, -0.1) is 11.3 Å². The van der Waals surface area contributed by atoms with Gasteiger partial charge in [-0.3, -0.25) is 19.3 Å². The van der Waals surface area contributed by atoms with Crippen LogP contribution >= 0.6 is 11.3 Å². The van der Waals surface area contributed by atoms with Gasteiger partial charge in [0.1, 0.15) is 11.0 Å². The number of carboxylic acid groups (broad SMARTS) is 2. The van der Waals surface area contributed by atoms with Gasteiger partial charge in [0.05, 0.1) is 28.9 Å². The number of thiazole rings is 1. The standard InChI is InChI=1S/C17H25N3O5S.CH2O2/c1-11-13(26-10-18-11)14(23)19-16(2)5-8-25-17(15(16)24)3-6-20(7-4-17)9-12(21)22;2-1-3/h10,15,24H,3-9H2,1-2H3,(H,19,23)(H,21,22);1H,(H,2,3)/t15-,16+;/m0./s1. The van der Waals surface area contributed by atoms with Crippen molar-refractivity contribution >= 4 is 29.7 Å². The average Bonchev–Trinajstić information content (AvgIpc) is 3.08. The first-order chi connectivity index (χ1) is 13.7. The third kappa shape index (κ3) is 5.30. The molecule has 0 aromatic carbocycles. The van der Waals surface area contributed by atoms with Crippen LogP contribution in [0.5, 0.6) is 0 Å². The molecule has 0 aliphatic carbocycles. The highest BCUT2D eigenvalue weighted by Gasteiger charge is 2.54. The van der Waals surface area contributed by atoms with Gasteiger partial charge in [0.2, 0.25) is 0 Å². The summed E-state index contributed by atoms with van der Waals surface area (Å²) in [5.74, 6) is -1.09. The van der Waals surface area contributed by atoms with Gasteiger partial charge in [-0.05, 0) is 33.1 Å². The molecule has 1 amide bonds. The van der Waals surface area contributed by atoms with Crippen molar-refractivity contribution in [2.75, 3.05) is 26.2 Å². The molecule has 3 rings (SSSR count). The molecule has 2 atom stereocenters. The van der Waals surface area contributed by atoms with Crippen LogP contribution in [0.15, 0.2) is 5.51 Å². The highest BCUT2D eigenvalue weighted by atomic mass is 32.1. The molecule has 2 fully saturated rings. The van der Waals surface area contributed by atoms with Gasteiger partial charge in [0.15, 0.2) is 0 Å². The van der Waals surface area contributed by atoms with Crippen molar-refractivity contribution in [3.05, 3.63) is 16.1 Å². The summed E-state index contributed by atoms with van der Waals surface area (Å²) in [6.07, 6.45) is 0.713. The average molecular weight is 429 g/mol. The Bertz CT molecular complexity index is 733. The molecule has 2 aliphatic heterocycles. The van der Waals surface area contributed by atoms with Crippen LogP contribution in [0, 0.1) is 6.92 Å².